The van der Waals surface area contributed by atoms with Crippen LogP contribution in [0, 0.1) is 5.92 Å². The number of rotatable bonds is 4. The molecule has 1 aromatic rings. The Morgan fingerprint density at radius 2 is 2.13 bits per heavy atom. The Hall–Kier alpha value is -1.02. The third kappa shape index (κ3) is 3.56. The maximum absolute atomic E-state index is 5.65. The lowest BCUT2D eigenvalue weighted by Gasteiger charge is -2.21. The van der Waals surface area contributed by atoms with Gasteiger partial charge in [-0.2, -0.15) is 0 Å². The molecule has 82 valence electrons. The molecule has 0 amide bonds. The first-order valence-electron chi connectivity index (χ1n) is 5.71. The summed E-state index contributed by atoms with van der Waals surface area (Å²) in [6, 6.07) is 9.99. The molecule has 1 heterocycles. The van der Waals surface area contributed by atoms with Gasteiger partial charge >= 0.3 is 0 Å². The Bertz CT molecular complexity index is 265. The first kappa shape index (κ1) is 10.5. The molecule has 1 aliphatic rings. The zero-order chi connectivity index (χ0) is 10.3. The van der Waals surface area contributed by atoms with Gasteiger partial charge in [-0.15, -0.1) is 0 Å². The number of hydrogen-bond acceptors (Lipinski definition) is 2. The van der Waals surface area contributed by atoms with Crippen LogP contribution < -0.4 is 4.74 Å². The minimum absolute atomic E-state index is 0.697. The van der Waals surface area contributed by atoms with Gasteiger partial charge in [0.05, 0.1) is 6.61 Å². The molecule has 1 unspecified atom stereocenters. The molecule has 2 heteroatoms. The largest absolute Gasteiger partial charge is 0.494 e. The minimum Gasteiger partial charge on any atom is -0.494 e. The van der Waals surface area contributed by atoms with E-state index in [2.05, 4.69) is 0 Å². The normalized spacial score (nSPS) is 21.2. The molecule has 2 rings (SSSR count). The van der Waals surface area contributed by atoms with E-state index in [1.54, 1.807) is 0 Å². The molecule has 0 aliphatic carbocycles. The van der Waals surface area contributed by atoms with Crippen molar-refractivity contribution in [3.63, 3.8) is 0 Å². The third-order valence-electron chi connectivity index (χ3n) is 2.79. The van der Waals surface area contributed by atoms with Crippen molar-refractivity contribution < 1.29 is 9.47 Å². The smallest absolute Gasteiger partial charge is 0.119 e. The Labute approximate surface area is 91.2 Å². The third-order valence-corrected chi connectivity index (χ3v) is 2.79. The molecule has 1 fully saturated rings. The quantitative estimate of drug-likeness (QED) is 0.754. The Morgan fingerprint density at radius 1 is 1.27 bits per heavy atom. The lowest BCUT2D eigenvalue weighted by molar-refractivity contribution is 0.0462. The van der Waals surface area contributed by atoms with E-state index in [4.69, 9.17) is 9.47 Å². The molecule has 0 bridgehead atoms. The van der Waals surface area contributed by atoms with E-state index in [0.29, 0.717) is 5.92 Å². The van der Waals surface area contributed by atoms with E-state index in [1.807, 2.05) is 30.3 Å². The highest BCUT2D eigenvalue weighted by atomic mass is 16.5. The molecule has 0 saturated carbocycles. The molecular weight excluding hydrogens is 188 g/mol. The van der Waals surface area contributed by atoms with Gasteiger partial charge in [0.2, 0.25) is 0 Å². The second-order valence-corrected chi connectivity index (χ2v) is 4.03. The van der Waals surface area contributed by atoms with Crippen molar-refractivity contribution in [2.45, 2.75) is 19.3 Å². The first-order valence-corrected chi connectivity index (χ1v) is 5.71. The van der Waals surface area contributed by atoms with Gasteiger partial charge in [0.1, 0.15) is 5.75 Å². The predicted molar refractivity (Wildman–Crippen MR) is 60.1 cm³/mol. The predicted octanol–water partition coefficient (Wildman–Crippen LogP) is 2.88. The molecular formula is C13H18O2. The molecule has 1 aromatic carbocycles. The number of para-hydroxylation sites is 1. The van der Waals surface area contributed by atoms with Gasteiger partial charge in [0, 0.05) is 13.2 Å². The van der Waals surface area contributed by atoms with Crippen molar-refractivity contribution in [2.75, 3.05) is 19.8 Å². The zero-order valence-corrected chi connectivity index (χ0v) is 9.02. The fourth-order valence-electron chi connectivity index (χ4n) is 1.90. The van der Waals surface area contributed by atoms with Crippen LogP contribution in [0.4, 0.5) is 0 Å². The standard InChI is InChI=1S/C13H18O2/c1-2-6-13(7-3-1)15-10-8-12-5-4-9-14-11-12/h1-3,6-7,12H,4-5,8-11H2. The van der Waals surface area contributed by atoms with E-state index in [-0.39, 0.29) is 0 Å². The molecule has 0 N–H and O–H groups in total. The maximum Gasteiger partial charge on any atom is 0.119 e. The molecule has 0 aromatic heterocycles. The van der Waals surface area contributed by atoms with Crippen LogP contribution in [-0.2, 0) is 4.74 Å². The van der Waals surface area contributed by atoms with Crippen LogP contribution in [0.25, 0.3) is 0 Å². The molecule has 15 heavy (non-hydrogen) atoms. The zero-order valence-electron chi connectivity index (χ0n) is 9.02. The Kier molecular flexibility index (Phi) is 4.03. The summed E-state index contributed by atoms with van der Waals surface area (Å²) in [5.41, 5.74) is 0. The van der Waals surface area contributed by atoms with E-state index in [9.17, 15) is 0 Å². The number of benzene rings is 1. The van der Waals surface area contributed by atoms with Crippen molar-refractivity contribution in [3.05, 3.63) is 30.3 Å². The monoisotopic (exact) mass is 206 g/mol. The van der Waals surface area contributed by atoms with Crippen molar-refractivity contribution >= 4 is 0 Å². The minimum atomic E-state index is 0.697. The summed E-state index contributed by atoms with van der Waals surface area (Å²) in [6.45, 7) is 2.66. The van der Waals surface area contributed by atoms with Gasteiger partial charge in [-0.25, -0.2) is 0 Å². The molecule has 1 saturated heterocycles. The van der Waals surface area contributed by atoms with Crippen LogP contribution >= 0.6 is 0 Å². The van der Waals surface area contributed by atoms with Crippen LogP contribution in [0.3, 0.4) is 0 Å². The number of hydrogen-bond donors (Lipinski definition) is 0. The summed E-state index contributed by atoms with van der Waals surface area (Å²) in [6.07, 6.45) is 3.60. The van der Waals surface area contributed by atoms with Crippen LogP contribution in [-0.4, -0.2) is 19.8 Å². The van der Waals surface area contributed by atoms with Gasteiger partial charge in [0.15, 0.2) is 0 Å². The molecule has 1 atom stereocenters. The molecule has 1 aliphatic heterocycles. The van der Waals surface area contributed by atoms with Gasteiger partial charge in [-0.05, 0) is 37.3 Å². The summed E-state index contributed by atoms with van der Waals surface area (Å²) in [7, 11) is 0. The van der Waals surface area contributed by atoms with Crippen molar-refractivity contribution in [3.8, 4) is 5.75 Å². The fraction of sp³-hybridized carbons (Fsp3) is 0.538. The van der Waals surface area contributed by atoms with Crippen LogP contribution in [0.15, 0.2) is 30.3 Å². The SMILES string of the molecule is c1ccc(OCCC2CCCOC2)cc1. The van der Waals surface area contributed by atoms with Crippen LogP contribution in [0.2, 0.25) is 0 Å². The van der Waals surface area contributed by atoms with E-state index >= 15 is 0 Å². The van der Waals surface area contributed by atoms with Gasteiger partial charge in [-0.1, -0.05) is 18.2 Å². The van der Waals surface area contributed by atoms with E-state index in [1.165, 1.54) is 12.8 Å². The second kappa shape index (κ2) is 5.76. The van der Waals surface area contributed by atoms with Crippen LogP contribution in [0.5, 0.6) is 5.75 Å². The molecule has 0 spiro atoms. The average molecular weight is 206 g/mol. The van der Waals surface area contributed by atoms with Crippen molar-refractivity contribution in [1.82, 2.24) is 0 Å². The summed E-state index contributed by atoms with van der Waals surface area (Å²) in [5, 5.41) is 0. The summed E-state index contributed by atoms with van der Waals surface area (Å²) in [5.74, 6) is 1.66. The first-order chi connectivity index (χ1) is 7.45. The van der Waals surface area contributed by atoms with Gasteiger partial charge in [0.25, 0.3) is 0 Å². The van der Waals surface area contributed by atoms with Crippen LogP contribution in [0.1, 0.15) is 19.3 Å². The average Bonchev–Trinajstić information content (AvgIpc) is 2.32. The van der Waals surface area contributed by atoms with Gasteiger partial charge < -0.3 is 9.47 Å². The van der Waals surface area contributed by atoms with E-state index in [0.717, 1.165) is 32.0 Å². The topological polar surface area (TPSA) is 18.5 Å². The highest BCUT2D eigenvalue weighted by Crippen LogP contribution is 2.17. The van der Waals surface area contributed by atoms with Crippen molar-refractivity contribution in [2.24, 2.45) is 5.92 Å². The maximum atomic E-state index is 5.65. The second-order valence-electron chi connectivity index (χ2n) is 4.03. The van der Waals surface area contributed by atoms with E-state index < -0.39 is 0 Å². The lowest BCUT2D eigenvalue weighted by Crippen LogP contribution is -2.19. The summed E-state index contributed by atoms with van der Waals surface area (Å²) >= 11 is 0. The van der Waals surface area contributed by atoms with Crippen molar-refractivity contribution in [1.29, 1.82) is 0 Å². The Morgan fingerprint density at radius 3 is 2.87 bits per heavy atom. The highest BCUT2D eigenvalue weighted by molar-refractivity contribution is 5.20. The highest BCUT2D eigenvalue weighted by Gasteiger charge is 2.13. The molecule has 2 nitrogen and oxygen atoms in total. The summed E-state index contributed by atoms with van der Waals surface area (Å²) < 4.78 is 11.1. The fourth-order valence-corrected chi connectivity index (χ4v) is 1.90. The number of ether oxygens (including phenoxy) is 2. The molecule has 0 radical (unpaired) electrons. The lowest BCUT2D eigenvalue weighted by atomic mass is 9.99. The van der Waals surface area contributed by atoms with Gasteiger partial charge in [-0.3, -0.25) is 0 Å². The Balaban J connectivity index is 1.66. The summed E-state index contributed by atoms with van der Waals surface area (Å²) in [4.78, 5) is 0.